The van der Waals surface area contributed by atoms with Gasteiger partial charge in [0.05, 0.1) is 13.2 Å². The van der Waals surface area contributed by atoms with Gasteiger partial charge in [0.25, 0.3) is 5.91 Å². The van der Waals surface area contributed by atoms with Crippen molar-refractivity contribution in [2.75, 3.05) is 32.8 Å². The van der Waals surface area contributed by atoms with Crippen molar-refractivity contribution in [3.63, 3.8) is 0 Å². The number of halogens is 1. The van der Waals surface area contributed by atoms with E-state index in [2.05, 4.69) is 26.1 Å². The smallest absolute Gasteiger partial charge is 0.275 e. The molecular formula is C28H57ClN2O2. The molecule has 33 heavy (non-hydrogen) atoms. The minimum atomic E-state index is -0.000645. The molecule has 0 radical (unpaired) electrons. The zero-order valence-corrected chi connectivity index (χ0v) is 23.2. The predicted molar refractivity (Wildman–Crippen MR) is 137 cm³/mol. The molecule has 4 nitrogen and oxygen atoms in total. The van der Waals surface area contributed by atoms with Crippen molar-refractivity contribution in [3.8, 4) is 0 Å². The summed E-state index contributed by atoms with van der Waals surface area (Å²) in [4.78, 5) is 14.0. The van der Waals surface area contributed by atoms with Gasteiger partial charge in [-0.25, -0.2) is 0 Å². The number of hydrogen-bond acceptors (Lipinski definition) is 2. The van der Waals surface area contributed by atoms with Gasteiger partial charge in [-0.2, -0.15) is 0 Å². The summed E-state index contributed by atoms with van der Waals surface area (Å²) in [5.74, 6) is 0.228. The Morgan fingerprint density at radius 2 is 1.15 bits per heavy atom. The van der Waals surface area contributed by atoms with Crippen LogP contribution in [0.25, 0.3) is 0 Å². The molecule has 5 heteroatoms. The van der Waals surface area contributed by atoms with Crippen molar-refractivity contribution < 1.29 is 26.8 Å². The van der Waals surface area contributed by atoms with Gasteiger partial charge < -0.3 is 27.4 Å². The van der Waals surface area contributed by atoms with Crippen LogP contribution < -0.4 is 22.6 Å². The number of quaternary nitrogens is 1. The fourth-order valence-corrected chi connectivity index (χ4v) is 5.08. The molecule has 1 amide bonds. The number of ether oxygens (including phenoxy) is 1. The van der Waals surface area contributed by atoms with Crippen LogP contribution in [-0.4, -0.2) is 44.3 Å². The first-order valence-electron chi connectivity index (χ1n) is 14.4. The Labute approximate surface area is 212 Å². The zero-order valence-electron chi connectivity index (χ0n) is 22.5. The summed E-state index contributed by atoms with van der Waals surface area (Å²) in [6, 6.07) is 0. The second-order valence-electron chi connectivity index (χ2n) is 10.3. The van der Waals surface area contributed by atoms with Gasteiger partial charge >= 0.3 is 0 Å². The van der Waals surface area contributed by atoms with E-state index in [0.29, 0.717) is 6.54 Å². The third-order valence-corrected chi connectivity index (χ3v) is 7.63. The lowest BCUT2D eigenvalue weighted by Gasteiger charge is -2.34. The third-order valence-electron chi connectivity index (χ3n) is 7.63. The van der Waals surface area contributed by atoms with Gasteiger partial charge in [-0.3, -0.25) is 4.79 Å². The minimum absolute atomic E-state index is 0. The number of carbonyl (C=O) groups excluding carboxylic acids is 1. The van der Waals surface area contributed by atoms with E-state index in [1.54, 1.807) is 0 Å². The Balaban J connectivity index is 0.0000102. The van der Waals surface area contributed by atoms with E-state index < -0.39 is 0 Å². The number of nitrogens with one attached hydrogen (secondary N) is 2. The number of hydrogen-bond donors (Lipinski definition) is 2. The molecule has 0 unspecified atom stereocenters. The van der Waals surface area contributed by atoms with Crippen LogP contribution in [-0.2, 0) is 9.53 Å². The number of rotatable bonds is 21. The third kappa shape index (κ3) is 16.9. The van der Waals surface area contributed by atoms with E-state index in [0.717, 1.165) is 45.6 Å². The summed E-state index contributed by atoms with van der Waals surface area (Å²) in [5, 5.41) is 3.43. The van der Waals surface area contributed by atoms with Crippen molar-refractivity contribution in [2.45, 2.75) is 142 Å². The Hall–Kier alpha value is -0.320. The van der Waals surface area contributed by atoms with Gasteiger partial charge in [0.15, 0.2) is 6.54 Å². The normalized spacial score (nSPS) is 14.8. The van der Waals surface area contributed by atoms with Gasteiger partial charge in [-0.05, 0) is 19.3 Å². The predicted octanol–water partition coefficient (Wildman–Crippen LogP) is 2.84. The topological polar surface area (TPSA) is 42.8 Å². The fourth-order valence-electron chi connectivity index (χ4n) is 5.08. The van der Waals surface area contributed by atoms with E-state index >= 15 is 0 Å². The van der Waals surface area contributed by atoms with Crippen molar-refractivity contribution in [1.82, 2.24) is 5.32 Å². The molecule has 1 rings (SSSR count). The molecule has 2 N–H and O–H groups in total. The molecule has 0 saturated carbocycles. The van der Waals surface area contributed by atoms with E-state index in [9.17, 15) is 4.79 Å². The summed E-state index contributed by atoms with van der Waals surface area (Å²) in [6.45, 7) is 10.8. The van der Waals surface area contributed by atoms with Crippen LogP contribution in [0, 0.1) is 0 Å². The van der Waals surface area contributed by atoms with Gasteiger partial charge in [-0.15, -0.1) is 0 Å². The summed E-state index contributed by atoms with van der Waals surface area (Å²) >= 11 is 0. The van der Waals surface area contributed by atoms with Crippen molar-refractivity contribution >= 4 is 5.91 Å². The summed E-state index contributed by atoms with van der Waals surface area (Å²) in [5.41, 5.74) is -0.000645. The lowest BCUT2D eigenvalue weighted by Crippen LogP contribution is -3.15. The lowest BCUT2D eigenvalue weighted by atomic mass is 9.86. The molecule has 1 aliphatic heterocycles. The summed E-state index contributed by atoms with van der Waals surface area (Å²) in [6.07, 6.45) is 24.2. The van der Waals surface area contributed by atoms with Gasteiger partial charge in [0.2, 0.25) is 0 Å². The van der Waals surface area contributed by atoms with Crippen LogP contribution in [0.5, 0.6) is 0 Å². The Morgan fingerprint density at radius 3 is 1.58 bits per heavy atom. The van der Waals surface area contributed by atoms with Crippen LogP contribution in [0.15, 0.2) is 0 Å². The van der Waals surface area contributed by atoms with Crippen LogP contribution in [0.3, 0.4) is 0 Å². The standard InChI is InChI=1S/C28H56N2O2.ClH/c1-4-7-8-9-10-11-12-13-14-15-16-17-18-19-20-21-28(5-2,6-3)29-27(31)26-30-22-24-32-25-23-30;/h4-26H2,1-3H3,(H,29,31);1H. The number of morpholine rings is 1. The molecule has 0 bridgehead atoms. The highest BCUT2D eigenvalue weighted by atomic mass is 35.5. The van der Waals surface area contributed by atoms with E-state index in [4.69, 9.17) is 4.74 Å². The van der Waals surface area contributed by atoms with Crippen LogP contribution in [0.2, 0.25) is 0 Å². The Morgan fingerprint density at radius 1 is 0.727 bits per heavy atom. The highest BCUT2D eigenvalue weighted by Gasteiger charge is 2.29. The molecular weight excluding hydrogens is 432 g/mol. The van der Waals surface area contributed by atoms with E-state index in [1.807, 2.05) is 0 Å². The van der Waals surface area contributed by atoms with E-state index in [1.165, 1.54) is 101 Å². The quantitative estimate of drug-likeness (QED) is 0.244. The second kappa shape index (κ2) is 22.2. The van der Waals surface area contributed by atoms with Gasteiger partial charge in [0.1, 0.15) is 13.1 Å². The molecule has 1 saturated heterocycles. The molecule has 0 atom stereocenters. The number of carbonyl (C=O) groups is 1. The van der Waals surface area contributed by atoms with Crippen LogP contribution in [0.4, 0.5) is 0 Å². The average molecular weight is 489 g/mol. The Bertz CT molecular complexity index is 438. The van der Waals surface area contributed by atoms with Crippen molar-refractivity contribution in [1.29, 1.82) is 0 Å². The molecule has 0 spiro atoms. The molecule has 1 fully saturated rings. The SMILES string of the molecule is CCCCCCCCCCCCCCCCCC(CC)(CC)NC(=O)C[NH+]1CCOCC1.[Cl-]. The first kappa shape index (κ1) is 32.7. The molecule has 0 aromatic rings. The maximum Gasteiger partial charge on any atom is 0.275 e. The monoisotopic (exact) mass is 488 g/mol. The van der Waals surface area contributed by atoms with Gasteiger partial charge in [-0.1, -0.05) is 117 Å². The van der Waals surface area contributed by atoms with Crippen molar-refractivity contribution in [3.05, 3.63) is 0 Å². The van der Waals surface area contributed by atoms with Crippen molar-refractivity contribution in [2.24, 2.45) is 0 Å². The average Bonchev–Trinajstić information content (AvgIpc) is 2.81. The molecule has 1 heterocycles. The summed E-state index contributed by atoms with van der Waals surface area (Å²) < 4.78 is 5.41. The summed E-state index contributed by atoms with van der Waals surface area (Å²) in [7, 11) is 0. The van der Waals surface area contributed by atoms with Crippen LogP contribution in [0.1, 0.15) is 136 Å². The maximum atomic E-state index is 12.6. The number of amides is 1. The van der Waals surface area contributed by atoms with Gasteiger partial charge in [0, 0.05) is 5.54 Å². The highest BCUT2D eigenvalue weighted by molar-refractivity contribution is 5.77. The molecule has 0 aliphatic carbocycles. The second-order valence-corrected chi connectivity index (χ2v) is 10.3. The molecule has 0 aromatic heterocycles. The molecule has 1 aliphatic rings. The number of unbranched alkanes of at least 4 members (excludes halogenated alkanes) is 14. The highest BCUT2D eigenvalue weighted by Crippen LogP contribution is 2.23. The Kier molecular flexibility index (Phi) is 21.9. The molecule has 0 aromatic carbocycles. The molecule has 198 valence electrons. The fraction of sp³-hybridized carbons (Fsp3) is 0.964. The lowest BCUT2D eigenvalue weighted by molar-refractivity contribution is -0.900. The largest absolute Gasteiger partial charge is 1.00 e. The first-order chi connectivity index (χ1) is 15.7. The van der Waals surface area contributed by atoms with Crippen LogP contribution >= 0.6 is 0 Å². The zero-order chi connectivity index (χ0) is 23.3. The van der Waals surface area contributed by atoms with E-state index in [-0.39, 0.29) is 23.9 Å². The maximum absolute atomic E-state index is 12.6. The minimum Gasteiger partial charge on any atom is -1.00 e. The first-order valence-corrected chi connectivity index (χ1v) is 14.4.